The van der Waals surface area contributed by atoms with Gasteiger partial charge in [0.25, 0.3) is 0 Å². The predicted octanol–water partition coefficient (Wildman–Crippen LogP) is 0.951. The molecule has 19 heavy (non-hydrogen) atoms. The van der Waals surface area contributed by atoms with Gasteiger partial charge in [0.05, 0.1) is 17.5 Å². The molecule has 0 aliphatic carbocycles. The van der Waals surface area contributed by atoms with Crippen LogP contribution in [0.15, 0.2) is 4.90 Å². The molecule has 7 heteroatoms. The van der Waals surface area contributed by atoms with Crippen molar-refractivity contribution in [2.75, 3.05) is 6.54 Å². The van der Waals surface area contributed by atoms with Crippen LogP contribution < -0.4 is 0 Å². The topological polar surface area (TPSA) is 86.3 Å². The molecule has 1 aliphatic rings. The second kappa shape index (κ2) is 5.22. The largest absolute Gasteiger partial charge is 0.393 e. The van der Waals surface area contributed by atoms with Gasteiger partial charge in [-0.05, 0) is 40.0 Å². The third kappa shape index (κ3) is 2.68. The summed E-state index contributed by atoms with van der Waals surface area (Å²) in [5, 5.41) is 16.2. The zero-order valence-corrected chi connectivity index (χ0v) is 12.4. The van der Waals surface area contributed by atoms with Crippen LogP contribution in [0.4, 0.5) is 0 Å². The second-order valence-corrected chi connectivity index (χ2v) is 7.09. The monoisotopic (exact) mass is 287 g/mol. The van der Waals surface area contributed by atoms with Crippen molar-refractivity contribution in [3.8, 4) is 0 Å². The average molecular weight is 287 g/mol. The summed E-state index contributed by atoms with van der Waals surface area (Å²) in [6, 6.07) is -0.112. The van der Waals surface area contributed by atoms with Crippen LogP contribution >= 0.6 is 0 Å². The van der Waals surface area contributed by atoms with Crippen LogP contribution in [-0.2, 0) is 10.0 Å². The number of aryl methyl sites for hydroxylation is 2. The minimum atomic E-state index is -3.52. The zero-order chi connectivity index (χ0) is 14.2. The number of hydrogen-bond donors (Lipinski definition) is 2. The summed E-state index contributed by atoms with van der Waals surface area (Å²) in [5.74, 6) is 0. The number of nitrogens with one attached hydrogen (secondary N) is 1. The number of rotatable bonds is 4. The number of aromatic amines is 1. The highest BCUT2D eigenvalue weighted by Crippen LogP contribution is 2.30. The molecule has 1 saturated heterocycles. The van der Waals surface area contributed by atoms with E-state index in [9.17, 15) is 13.5 Å². The van der Waals surface area contributed by atoms with Gasteiger partial charge in [-0.3, -0.25) is 5.10 Å². The van der Waals surface area contributed by atoms with Crippen LogP contribution in [0.1, 0.15) is 37.6 Å². The highest BCUT2D eigenvalue weighted by molar-refractivity contribution is 7.89. The molecule has 1 fully saturated rings. The van der Waals surface area contributed by atoms with Crippen molar-refractivity contribution in [1.29, 1.82) is 0 Å². The zero-order valence-electron chi connectivity index (χ0n) is 11.5. The number of aromatic nitrogens is 2. The molecule has 0 saturated carbocycles. The Labute approximate surface area is 113 Å². The summed E-state index contributed by atoms with van der Waals surface area (Å²) in [5.41, 5.74) is 1.07. The van der Waals surface area contributed by atoms with E-state index in [1.807, 2.05) is 0 Å². The molecular formula is C12H21N3O3S. The fourth-order valence-corrected chi connectivity index (χ4v) is 4.83. The van der Waals surface area contributed by atoms with Gasteiger partial charge in [0, 0.05) is 12.6 Å². The quantitative estimate of drug-likeness (QED) is 0.863. The SMILES string of the molecule is Cc1n[nH]c(C)c1S(=O)(=O)N1CCCC1CC(C)O. The van der Waals surface area contributed by atoms with Crippen molar-refractivity contribution in [3.05, 3.63) is 11.4 Å². The number of aliphatic hydroxyl groups is 1. The molecule has 2 rings (SSSR count). The molecule has 1 aromatic rings. The smallest absolute Gasteiger partial charge is 0.246 e. The van der Waals surface area contributed by atoms with E-state index < -0.39 is 16.1 Å². The standard InChI is InChI=1S/C12H21N3O3S/c1-8(16)7-11-5-4-6-15(11)19(17,18)12-9(2)13-14-10(12)3/h8,11,16H,4-7H2,1-3H3,(H,13,14). The first-order chi connectivity index (χ1) is 8.84. The molecule has 2 heterocycles. The van der Waals surface area contributed by atoms with Crippen molar-refractivity contribution < 1.29 is 13.5 Å². The van der Waals surface area contributed by atoms with Crippen LogP contribution in [0.25, 0.3) is 0 Å². The van der Waals surface area contributed by atoms with Crippen molar-refractivity contribution in [3.63, 3.8) is 0 Å². The Morgan fingerprint density at radius 2 is 2.21 bits per heavy atom. The number of sulfonamides is 1. The molecule has 0 radical (unpaired) electrons. The van der Waals surface area contributed by atoms with Gasteiger partial charge in [0.15, 0.2) is 0 Å². The minimum Gasteiger partial charge on any atom is -0.393 e. The molecule has 2 unspecified atom stereocenters. The van der Waals surface area contributed by atoms with E-state index in [1.54, 1.807) is 20.8 Å². The van der Waals surface area contributed by atoms with E-state index in [-0.39, 0.29) is 10.9 Å². The Bertz CT molecular complexity index is 531. The van der Waals surface area contributed by atoms with Crippen LogP contribution in [0.5, 0.6) is 0 Å². The highest BCUT2D eigenvalue weighted by atomic mass is 32.2. The number of H-pyrrole nitrogens is 1. The molecule has 1 aromatic heterocycles. The molecule has 2 atom stereocenters. The third-order valence-corrected chi connectivity index (χ3v) is 5.78. The maximum absolute atomic E-state index is 12.7. The molecule has 0 spiro atoms. The average Bonchev–Trinajstić information content (AvgIpc) is 2.85. The highest BCUT2D eigenvalue weighted by Gasteiger charge is 2.38. The summed E-state index contributed by atoms with van der Waals surface area (Å²) in [6.45, 7) is 5.62. The van der Waals surface area contributed by atoms with Crippen molar-refractivity contribution in [2.45, 2.75) is 57.1 Å². The summed E-state index contributed by atoms with van der Waals surface area (Å²) in [4.78, 5) is 0.282. The molecule has 2 N–H and O–H groups in total. The summed E-state index contributed by atoms with van der Waals surface area (Å²) < 4.78 is 26.9. The van der Waals surface area contributed by atoms with E-state index in [2.05, 4.69) is 10.2 Å². The van der Waals surface area contributed by atoms with Crippen LogP contribution in [0.3, 0.4) is 0 Å². The Morgan fingerprint density at radius 3 is 2.74 bits per heavy atom. The molecule has 6 nitrogen and oxygen atoms in total. The van der Waals surface area contributed by atoms with Gasteiger partial charge < -0.3 is 5.11 Å². The Hall–Kier alpha value is -0.920. The lowest BCUT2D eigenvalue weighted by molar-refractivity contribution is 0.158. The second-order valence-electron chi connectivity index (χ2n) is 5.26. The predicted molar refractivity (Wildman–Crippen MR) is 71.3 cm³/mol. The summed E-state index contributed by atoms with van der Waals surface area (Å²) in [7, 11) is -3.52. The van der Waals surface area contributed by atoms with Crippen LogP contribution in [0, 0.1) is 13.8 Å². The first-order valence-corrected chi connectivity index (χ1v) is 7.99. The molecule has 0 aromatic carbocycles. The molecular weight excluding hydrogens is 266 g/mol. The van der Waals surface area contributed by atoms with Gasteiger partial charge in [-0.2, -0.15) is 9.40 Å². The van der Waals surface area contributed by atoms with E-state index >= 15 is 0 Å². The lowest BCUT2D eigenvalue weighted by atomic mass is 10.1. The van der Waals surface area contributed by atoms with Crippen LogP contribution in [0.2, 0.25) is 0 Å². The van der Waals surface area contributed by atoms with Crippen molar-refractivity contribution in [1.82, 2.24) is 14.5 Å². The van der Waals surface area contributed by atoms with Gasteiger partial charge in [-0.15, -0.1) is 0 Å². The maximum atomic E-state index is 12.7. The first-order valence-electron chi connectivity index (χ1n) is 6.55. The van der Waals surface area contributed by atoms with Gasteiger partial charge in [0.1, 0.15) is 4.90 Å². The first kappa shape index (κ1) is 14.5. The maximum Gasteiger partial charge on any atom is 0.246 e. The van der Waals surface area contributed by atoms with E-state index in [4.69, 9.17) is 0 Å². The molecule has 108 valence electrons. The van der Waals surface area contributed by atoms with E-state index in [1.165, 1.54) is 4.31 Å². The number of hydrogen-bond acceptors (Lipinski definition) is 4. The Morgan fingerprint density at radius 1 is 1.53 bits per heavy atom. The third-order valence-electron chi connectivity index (χ3n) is 3.56. The fourth-order valence-electron chi connectivity index (χ4n) is 2.79. The molecule has 0 amide bonds. The van der Waals surface area contributed by atoms with E-state index in [0.29, 0.717) is 24.4 Å². The molecule has 0 bridgehead atoms. The normalized spacial score (nSPS) is 22.8. The lowest BCUT2D eigenvalue weighted by Crippen LogP contribution is -2.37. The van der Waals surface area contributed by atoms with Gasteiger partial charge in [0.2, 0.25) is 10.0 Å². The van der Waals surface area contributed by atoms with Gasteiger partial charge in [-0.25, -0.2) is 8.42 Å². The summed E-state index contributed by atoms with van der Waals surface area (Å²) >= 11 is 0. The van der Waals surface area contributed by atoms with E-state index in [0.717, 1.165) is 12.8 Å². The summed E-state index contributed by atoms with van der Waals surface area (Å²) in [6.07, 6.45) is 1.63. The van der Waals surface area contributed by atoms with Gasteiger partial charge >= 0.3 is 0 Å². The van der Waals surface area contributed by atoms with Gasteiger partial charge in [-0.1, -0.05) is 0 Å². The Balaban J connectivity index is 2.34. The minimum absolute atomic E-state index is 0.112. The van der Waals surface area contributed by atoms with Crippen LogP contribution in [-0.4, -0.2) is 46.7 Å². The van der Waals surface area contributed by atoms with Crippen molar-refractivity contribution >= 4 is 10.0 Å². The number of aliphatic hydroxyl groups excluding tert-OH is 1. The van der Waals surface area contributed by atoms with Crippen molar-refractivity contribution in [2.24, 2.45) is 0 Å². The lowest BCUT2D eigenvalue weighted by Gasteiger charge is -2.25. The molecule has 1 aliphatic heterocycles. The Kier molecular flexibility index (Phi) is 3.98. The number of nitrogens with zero attached hydrogens (tertiary/aromatic N) is 2. The fraction of sp³-hybridized carbons (Fsp3) is 0.750.